The Bertz CT molecular complexity index is 1100. The summed E-state index contributed by atoms with van der Waals surface area (Å²) in [4.78, 5) is 9.73. The predicted molar refractivity (Wildman–Crippen MR) is 97.4 cm³/mol. The molecule has 1 amide bonds. The number of hydrogen-bond acceptors (Lipinski definition) is 4. The molecular formula is C19H16F4N2O4S. The molecule has 0 aromatic heterocycles. The number of hydroxylamine groups is 1. The summed E-state index contributed by atoms with van der Waals surface area (Å²) in [6.45, 7) is -0.200. The van der Waals surface area contributed by atoms with E-state index >= 15 is 0 Å². The lowest BCUT2D eigenvalue weighted by atomic mass is 10.1. The minimum atomic E-state index is -4.65. The van der Waals surface area contributed by atoms with Crippen molar-refractivity contribution in [1.82, 2.24) is 9.79 Å². The molecule has 1 aliphatic rings. The largest absolute Gasteiger partial charge is 0.288 e. The maximum Gasteiger partial charge on any atom is 0.267 e. The highest BCUT2D eigenvalue weighted by Crippen LogP contribution is 2.35. The minimum absolute atomic E-state index is 0.137. The maximum atomic E-state index is 14.1. The number of halogens is 4. The summed E-state index contributed by atoms with van der Waals surface area (Å²) >= 11 is 0. The first kappa shape index (κ1) is 21.9. The fraction of sp³-hybridized carbons (Fsp3) is 0.211. The molecule has 3 rings (SSSR count). The van der Waals surface area contributed by atoms with Crippen molar-refractivity contribution in [2.24, 2.45) is 0 Å². The zero-order valence-corrected chi connectivity index (χ0v) is 16.1. The summed E-state index contributed by atoms with van der Waals surface area (Å²) < 4.78 is 81.1. The number of nitrogens with one attached hydrogen (secondary N) is 1. The van der Waals surface area contributed by atoms with E-state index in [9.17, 15) is 30.8 Å². The van der Waals surface area contributed by atoms with Crippen LogP contribution in [0.25, 0.3) is 6.08 Å². The Morgan fingerprint density at radius 3 is 2.30 bits per heavy atom. The number of nitrogens with zero attached hydrogens (tertiary/aromatic N) is 1. The second kappa shape index (κ2) is 8.54. The fourth-order valence-corrected chi connectivity index (χ4v) is 4.50. The average Bonchev–Trinajstić information content (AvgIpc) is 3.56. The van der Waals surface area contributed by atoms with Gasteiger partial charge in [0.25, 0.3) is 5.91 Å². The first-order valence-corrected chi connectivity index (χ1v) is 10.1. The lowest BCUT2D eigenvalue weighted by Crippen LogP contribution is -2.33. The van der Waals surface area contributed by atoms with Crippen LogP contribution < -0.4 is 5.48 Å². The Kier molecular flexibility index (Phi) is 6.25. The van der Waals surface area contributed by atoms with Crippen LogP contribution in [0.1, 0.15) is 24.0 Å². The third kappa shape index (κ3) is 4.53. The third-order valence-corrected chi connectivity index (χ3v) is 6.36. The van der Waals surface area contributed by atoms with Crippen molar-refractivity contribution in [3.05, 3.63) is 70.8 Å². The Morgan fingerprint density at radius 2 is 1.73 bits per heavy atom. The van der Waals surface area contributed by atoms with Crippen LogP contribution in [0.3, 0.4) is 0 Å². The number of carbonyl (C=O) groups excluding carboxylic acids is 1. The fourth-order valence-electron chi connectivity index (χ4n) is 2.76. The number of amides is 1. The smallest absolute Gasteiger partial charge is 0.267 e. The van der Waals surface area contributed by atoms with Crippen molar-refractivity contribution >= 4 is 22.0 Å². The van der Waals surface area contributed by atoms with Gasteiger partial charge in [-0.2, -0.15) is 4.31 Å². The molecule has 0 spiro atoms. The van der Waals surface area contributed by atoms with Crippen molar-refractivity contribution in [2.75, 3.05) is 0 Å². The van der Waals surface area contributed by atoms with Crippen LogP contribution >= 0.6 is 0 Å². The SMILES string of the molecule is O=C(/C=C/c1ccc(CN(C2CC2)S(=O)(=O)c2cc(F)c(F)c(F)c2F)cc1)NO. The van der Waals surface area contributed by atoms with Crippen molar-refractivity contribution in [2.45, 2.75) is 30.3 Å². The Balaban J connectivity index is 1.88. The summed E-state index contributed by atoms with van der Waals surface area (Å²) in [6.07, 6.45) is 3.47. The monoisotopic (exact) mass is 444 g/mol. The Labute approximate surface area is 169 Å². The van der Waals surface area contributed by atoms with Gasteiger partial charge in [-0.05, 0) is 30.0 Å². The van der Waals surface area contributed by atoms with Gasteiger partial charge in [0.05, 0.1) is 0 Å². The molecule has 11 heteroatoms. The molecule has 0 heterocycles. The summed E-state index contributed by atoms with van der Waals surface area (Å²) in [7, 11) is -4.65. The van der Waals surface area contributed by atoms with Crippen LogP contribution in [0.4, 0.5) is 17.6 Å². The normalized spacial score (nSPS) is 14.5. The van der Waals surface area contributed by atoms with Gasteiger partial charge >= 0.3 is 0 Å². The van der Waals surface area contributed by atoms with E-state index in [-0.39, 0.29) is 12.6 Å². The molecule has 0 radical (unpaired) electrons. The van der Waals surface area contributed by atoms with Gasteiger partial charge in [0.1, 0.15) is 4.90 Å². The molecule has 2 aromatic carbocycles. The standard InChI is InChI=1S/C19H16F4N2O4S/c20-14-9-15(18(22)19(23)17(14)21)30(28,29)25(13-6-7-13)10-12-3-1-11(2-4-12)5-8-16(26)24-27/h1-5,8-9,13,27H,6-7,10H2,(H,24,26)/b8-5+. The predicted octanol–water partition coefficient (Wildman–Crippen LogP) is 3.11. The number of rotatable bonds is 7. The zero-order valence-electron chi connectivity index (χ0n) is 15.3. The number of hydrogen-bond donors (Lipinski definition) is 2. The molecule has 30 heavy (non-hydrogen) atoms. The van der Waals surface area contributed by atoms with Gasteiger partial charge in [0, 0.05) is 24.7 Å². The quantitative estimate of drug-likeness (QED) is 0.172. The van der Waals surface area contributed by atoms with Gasteiger partial charge in [0.15, 0.2) is 23.3 Å². The van der Waals surface area contributed by atoms with Gasteiger partial charge in [0.2, 0.25) is 10.0 Å². The maximum absolute atomic E-state index is 14.1. The van der Waals surface area contributed by atoms with E-state index in [1.807, 2.05) is 0 Å². The number of benzene rings is 2. The third-order valence-electron chi connectivity index (χ3n) is 4.47. The molecule has 0 saturated heterocycles. The number of carbonyl (C=O) groups is 1. The van der Waals surface area contributed by atoms with E-state index < -0.39 is 50.1 Å². The van der Waals surface area contributed by atoms with E-state index in [1.54, 1.807) is 24.3 Å². The van der Waals surface area contributed by atoms with Gasteiger partial charge in [-0.1, -0.05) is 24.3 Å². The van der Waals surface area contributed by atoms with Gasteiger partial charge in [-0.3, -0.25) is 10.0 Å². The lowest BCUT2D eigenvalue weighted by molar-refractivity contribution is -0.124. The highest BCUT2D eigenvalue weighted by molar-refractivity contribution is 7.89. The van der Waals surface area contributed by atoms with E-state index in [0.717, 1.165) is 10.4 Å². The molecule has 160 valence electrons. The van der Waals surface area contributed by atoms with Gasteiger partial charge in [-0.15, -0.1) is 0 Å². The van der Waals surface area contributed by atoms with Crippen LogP contribution in [-0.2, 0) is 21.4 Å². The van der Waals surface area contributed by atoms with Crippen LogP contribution in [0, 0.1) is 23.3 Å². The lowest BCUT2D eigenvalue weighted by Gasteiger charge is -2.22. The molecule has 1 saturated carbocycles. The van der Waals surface area contributed by atoms with E-state index in [0.29, 0.717) is 24.0 Å². The highest BCUT2D eigenvalue weighted by Gasteiger charge is 2.40. The Morgan fingerprint density at radius 1 is 1.10 bits per heavy atom. The second-order valence-corrected chi connectivity index (χ2v) is 8.49. The van der Waals surface area contributed by atoms with Crippen LogP contribution in [-0.4, -0.2) is 29.9 Å². The Hall–Kier alpha value is -2.76. The van der Waals surface area contributed by atoms with Crippen molar-refractivity contribution < 1.29 is 36.0 Å². The van der Waals surface area contributed by atoms with Crippen molar-refractivity contribution in [3.63, 3.8) is 0 Å². The molecule has 1 aliphatic carbocycles. The van der Waals surface area contributed by atoms with E-state index in [1.165, 1.54) is 11.6 Å². The minimum Gasteiger partial charge on any atom is -0.288 e. The summed E-state index contributed by atoms with van der Waals surface area (Å²) in [5.74, 6) is -8.77. The first-order chi connectivity index (χ1) is 14.1. The van der Waals surface area contributed by atoms with Gasteiger partial charge in [-0.25, -0.2) is 31.5 Å². The molecule has 0 unspecified atom stereocenters. The summed E-state index contributed by atoms with van der Waals surface area (Å²) in [5, 5.41) is 8.45. The van der Waals surface area contributed by atoms with Crippen LogP contribution in [0.2, 0.25) is 0 Å². The number of sulfonamides is 1. The zero-order chi connectivity index (χ0) is 22.1. The second-order valence-electron chi connectivity index (χ2n) is 6.63. The molecule has 0 aliphatic heterocycles. The molecule has 2 N–H and O–H groups in total. The van der Waals surface area contributed by atoms with Crippen LogP contribution in [0.15, 0.2) is 41.3 Å². The van der Waals surface area contributed by atoms with E-state index in [4.69, 9.17) is 5.21 Å². The molecule has 0 atom stereocenters. The first-order valence-electron chi connectivity index (χ1n) is 8.71. The highest BCUT2D eigenvalue weighted by atomic mass is 32.2. The molecule has 6 nitrogen and oxygen atoms in total. The molecular weight excluding hydrogens is 428 g/mol. The van der Waals surface area contributed by atoms with Crippen LogP contribution in [0.5, 0.6) is 0 Å². The topological polar surface area (TPSA) is 86.7 Å². The average molecular weight is 444 g/mol. The summed E-state index contributed by atoms with van der Waals surface area (Å²) in [5.41, 5.74) is 2.51. The van der Waals surface area contributed by atoms with Crippen molar-refractivity contribution in [3.8, 4) is 0 Å². The molecule has 0 bridgehead atoms. The van der Waals surface area contributed by atoms with Crippen molar-refractivity contribution in [1.29, 1.82) is 0 Å². The van der Waals surface area contributed by atoms with Gasteiger partial charge < -0.3 is 0 Å². The van der Waals surface area contributed by atoms with E-state index in [2.05, 4.69) is 0 Å². The summed E-state index contributed by atoms with van der Waals surface area (Å²) in [6, 6.07) is 5.93. The molecule has 2 aromatic rings. The molecule has 1 fully saturated rings.